The number of carbonyl (C=O) groups excluding carboxylic acids is 1. The zero-order valence-corrected chi connectivity index (χ0v) is 12.5. The minimum Gasteiger partial charge on any atom is -0.370 e. The van der Waals surface area contributed by atoms with E-state index in [4.69, 9.17) is 0 Å². The van der Waals surface area contributed by atoms with E-state index in [9.17, 15) is 4.79 Å². The lowest BCUT2D eigenvalue weighted by Crippen LogP contribution is -2.26. The first-order chi connectivity index (χ1) is 10.2. The molecule has 0 aliphatic carbocycles. The highest BCUT2D eigenvalue weighted by Gasteiger charge is 2.11. The summed E-state index contributed by atoms with van der Waals surface area (Å²) in [7, 11) is 0. The Morgan fingerprint density at radius 3 is 2.71 bits per heavy atom. The molecule has 4 heteroatoms. The lowest BCUT2D eigenvalue weighted by Gasteiger charge is -2.14. The van der Waals surface area contributed by atoms with E-state index in [1.54, 1.807) is 18.3 Å². The molecule has 0 spiro atoms. The van der Waals surface area contributed by atoms with Gasteiger partial charge in [-0.05, 0) is 31.0 Å². The van der Waals surface area contributed by atoms with Crippen molar-refractivity contribution in [3.05, 3.63) is 59.8 Å². The Bertz CT molecular complexity index is 584. The van der Waals surface area contributed by atoms with Crippen LogP contribution in [-0.4, -0.2) is 17.4 Å². The first-order valence-electron chi connectivity index (χ1n) is 7.26. The molecule has 0 aliphatic rings. The Morgan fingerprint density at radius 2 is 2.00 bits per heavy atom. The summed E-state index contributed by atoms with van der Waals surface area (Å²) in [5, 5.41) is 6.18. The molecule has 0 fully saturated rings. The van der Waals surface area contributed by atoms with E-state index in [-0.39, 0.29) is 11.9 Å². The summed E-state index contributed by atoms with van der Waals surface area (Å²) < 4.78 is 0. The van der Waals surface area contributed by atoms with Crippen LogP contribution in [0.15, 0.2) is 48.7 Å². The van der Waals surface area contributed by atoms with Gasteiger partial charge in [0.1, 0.15) is 5.82 Å². The number of benzene rings is 1. The van der Waals surface area contributed by atoms with Crippen molar-refractivity contribution >= 4 is 11.7 Å². The highest BCUT2D eigenvalue weighted by Crippen LogP contribution is 2.13. The largest absolute Gasteiger partial charge is 0.370 e. The van der Waals surface area contributed by atoms with Crippen LogP contribution in [0, 0.1) is 0 Å². The Kier molecular flexibility index (Phi) is 5.32. The van der Waals surface area contributed by atoms with E-state index in [0.717, 1.165) is 24.3 Å². The maximum Gasteiger partial charge on any atom is 0.251 e. The monoisotopic (exact) mass is 283 g/mol. The summed E-state index contributed by atoms with van der Waals surface area (Å²) in [6.45, 7) is 4.91. The second-order valence-corrected chi connectivity index (χ2v) is 4.96. The summed E-state index contributed by atoms with van der Waals surface area (Å²) in [6.07, 6.45) is 2.67. The van der Waals surface area contributed by atoms with Crippen molar-refractivity contribution in [1.29, 1.82) is 0 Å². The van der Waals surface area contributed by atoms with Gasteiger partial charge in [-0.25, -0.2) is 4.98 Å². The van der Waals surface area contributed by atoms with Crippen molar-refractivity contribution in [2.24, 2.45) is 0 Å². The molecule has 0 aliphatic heterocycles. The normalized spacial score (nSPS) is 11.7. The van der Waals surface area contributed by atoms with E-state index in [0.29, 0.717) is 5.56 Å². The van der Waals surface area contributed by atoms with Crippen molar-refractivity contribution in [1.82, 2.24) is 10.3 Å². The SMILES string of the molecule is CCCNc1cc(C(=O)NC(C)c2ccccc2)ccn1. The third-order valence-corrected chi connectivity index (χ3v) is 3.23. The number of nitrogens with one attached hydrogen (secondary N) is 2. The molecule has 1 aromatic heterocycles. The van der Waals surface area contributed by atoms with Gasteiger partial charge >= 0.3 is 0 Å². The van der Waals surface area contributed by atoms with Crippen LogP contribution in [0.4, 0.5) is 5.82 Å². The third kappa shape index (κ3) is 4.31. The fourth-order valence-electron chi connectivity index (χ4n) is 2.03. The maximum absolute atomic E-state index is 12.3. The molecule has 0 bridgehead atoms. The maximum atomic E-state index is 12.3. The molecule has 2 N–H and O–H groups in total. The lowest BCUT2D eigenvalue weighted by molar-refractivity contribution is 0.0940. The smallest absolute Gasteiger partial charge is 0.251 e. The molecular formula is C17H21N3O. The van der Waals surface area contributed by atoms with Gasteiger partial charge in [0.2, 0.25) is 0 Å². The van der Waals surface area contributed by atoms with Gasteiger partial charge in [-0.2, -0.15) is 0 Å². The number of anilines is 1. The van der Waals surface area contributed by atoms with Crippen LogP contribution in [0.1, 0.15) is 42.2 Å². The van der Waals surface area contributed by atoms with Crippen molar-refractivity contribution in [2.75, 3.05) is 11.9 Å². The lowest BCUT2D eigenvalue weighted by atomic mass is 10.1. The minimum atomic E-state index is -0.0895. The van der Waals surface area contributed by atoms with Gasteiger partial charge in [0.25, 0.3) is 5.91 Å². The van der Waals surface area contributed by atoms with Gasteiger partial charge in [-0.15, -0.1) is 0 Å². The molecule has 0 saturated heterocycles. The predicted octanol–water partition coefficient (Wildman–Crippen LogP) is 3.39. The molecule has 21 heavy (non-hydrogen) atoms. The summed E-state index contributed by atoms with van der Waals surface area (Å²) in [4.78, 5) is 16.5. The number of amides is 1. The fourth-order valence-corrected chi connectivity index (χ4v) is 2.03. The Hall–Kier alpha value is -2.36. The standard InChI is InChI=1S/C17H21N3O/c1-3-10-18-16-12-15(9-11-19-16)17(21)20-13(2)14-7-5-4-6-8-14/h4-9,11-13H,3,10H2,1-2H3,(H,18,19)(H,20,21). The van der Waals surface area contributed by atoms with Crippen molar-refractivity contribution in [3.8, 4) is 0 Å². The summed E-state index contributed by atoms with van der Waals surface area (Å²) in [5.41, 5.74) is 1.70. The van der Waals surface area contributed by atoms with Gasteiger partial charge in [0, 0.05) is 18.3 Å². The van der Waals surface area contributed by atoms with Gasteiger partial charge in [0.15, 0.2) is 0 Å². The molecule has 0 saturated carbocycles. The third-order valence-electron chi connectivity index (χ3n) is 3.23. The Labute approximate surface area is 125 Å². The van der Waals surface area contributed by atoms with Crippen LogP contribution >= 0.6 is 0 Å². The number of hydrogen-bond acceptors (Lipinski definition) is 3. The molecule has 2 aromatic rings. The predicted molar refractivity (Wildman–Crippen MR) is 85.3 cm³/mol. The number of pyridine rings is 1. The molecule has 1 amide bonds. The van der Waals surface area contributed by atoms with E-state index in [1.807, 2.05) is 37.3 Å². The van der Waals surface area contributed by atoms with Gasteiger partial charge < -0.3 is 10.6 Å². The molecule has 0 radical (unpaired) electrons. The second-order valence-electron chi connectivity index (χ2n) is 4.96. The molecule has 1 aromatic carbocycles. The van der Waals surface area contributed by atoms with Crippen LogP contribution < -0.4 is 10.6 Å². The van der Waals surface area contributed by atoms with E-state index in [2.05, 4.69) is 22.5 Å². The molecule has 1 heterocycles. The van der Waals surface area contributed by atoms with Gasteiger partial charge in [-0.3, -0.25) is 4.79 Å². The highest BCUT2D eigenvalue weighted by molar-refractivity contribution is 5.95. The highest BCUT2D eigenvalue weighted by atomic mass is 16.1. The number of nitrogens with zero attached hydrogens (tertiary/aromatic N) is 1. The zero-order valence-electron chi connectivity index (χ0n) is 12.5. The molecule has 2 rings (SSSR count). The van der Waals surface area contributed by atoms with Crippen LogP contribution in [0.25, 0.3) is 0 Å². The summed E-state index contributed by atoms with van der Waals surface area (Å²) >= 11 is 0. The number of aromatic nitrogens is 1. The van der Waals surface area contributed by atoms with Crippen LogP contribution in [-0.2, 0) is 0 Å². The van der Waals surface area contributed by atoms with E-state index in [1.165, 1.54) is 0 Å². The first-order valence-corrected chi connectivity index (χ1v) is 7.26. The van der Waals surface area contributed by atoms with Crippen LogP contribution in [0.5, 0.6) is 0 Å². The average Bonchev–Trinajstić information content (AvgIpc) is 2.54. The number of rotatable bonds is 6. The number of carbonyl (C=O) groups is 1. The van der Waals surface area contributed by atoms with E-state index >= 15 is 0 Å². The zero-order chi connectivity index (χ0) is 15.1. The quantitative estimate of drug-likeness (QED) is 0.854. The Morgan fingerprint density at radius 1 is 1.24 bits per heavy atom. The van der Waals surface area contributed by atoms with Crippen LogP contribution in [0.2, 0.25) is 0 Å². The average molecular weight is 283 g/mol. The van der Waals surface area contributed by atoms with Gasteiger partial charge in [-0.1, -0.05) is 37.3 Å². The van der Waals surface area contributed by atoms with Crippen molar-refractivity contribution in [2.45, 2.75) is 26.3 Å². The fraction of sp³-hybridized carbons (Fsp3) is 0.294. The number of hydrogen-bond donors (Lipinski definition) is 2. The van der Waals surface area contributed by atoms with E-state index < -0.39 is 0 Å². The second kappa shape index (κ2) is 7.43. The van der Waals surface area contributed by atoms with Crippen molar-refractivity contribution < 1.29 is 4.79 Å². The van der Waals surface area contributed by atoms with Crippen molar-refractivity contribution in [3.63, 3.8) is 0 Å². The molecule has 1 atom stereocenters. The molecular weight excluding hydrogens is 262 g/mol. The topological polar surface area (TPSA) is 54.0 Å². The molecule has 4 nitrogen and oxygen atoms in total. The minimum absolute atomic E-state index is 0.0288. The summed E-state index contributed by atoms with van der Waals surface area (Å²) in [5.74, 6) is 0.644. The van der Waals surface area contributed by atoms with Gasteiger partial charge in [0.05, 0.1) is 6.04 Å². The Balaban J connectivity index is 2.03. The first kappa shape index (κ1) is 15.0. The molecule has 110 valence electrons. The molecule has 1 unspecified atom stereocenters. The van der Waals surface area contributed by atoms with Crippen LogP contribution in [0.3, 0.4) is 0 Å². The summed E-state index contributed by atoms with van der Waals surface area (Å²) in [6, 6.07) is 13.4.